The third-order valence-electron chi connectivity index (χ3n) is 2.93. The molecule has 0 bridgehead atoms. The topological polar surface area (TPSA) is 64.6 Å². The van der Waals surface area contributed by atoms with Crippen molar-refractivity contribution in [3.8, 4) is 11.5 Å². The van der Waals surface area contributed by atoms with Crippen LogP contribution in [0.5, 0.6) is 11.5 Å². The second-order valence-electron chi connectivity index (χ2n) is 4.71. The molecule has 1 amide bonds. The molecule has 0 aliphatic carbocycles. The van der Waals surface area contributed by atoms with E-state index in [9.17, 15) is 9.59 Å². The standard InChI is InChI=1S/C18H17NO4/c1-13(20)23-17-8-3-14(4-9-17)5-12-18(21)19-15-6-10-16(22-2)11-7-15/h3-12H,1-2H3,(H,19,21)/b12-5+. The minimum absolute atomic E-state index is 0.237. The Morgan fingerprint density at radius 2 is 1.57 bits per heavy atom. The van der Waals surface area contributed by atoms with Gasteiger partial charge in [0.2, 0.25) is 5.91 Å². The summed E-state index contributed by atoms with van der Waals surface area (Å²) in [6, 6.07) is 13.9. The number of benzene rings is 2. The van der Waals surface area contributed by atoms with Gasteiger partial charge >= 0.3 is 5.97 Å². The second kappa shape index (κ2) is 7.79. The van der Waals surface area contributed by atoms with E-state index in [1.165, 1.54) is 13.0 Å². The average Bonchev–Trinajstić information content (AvgIpc) is 2.54. The van der Waals surface area contributed by atoms with Gasteiger partial charge in [0, 0.05) is 18.7 Å². The summed E-state index contributed by atoms with van der Waals surface area (Å²) in [7, 11) is 1.59. The van der Waals surface area contributed by atoms with E-state index in [0.717, 1.165) is 11.3 Å². The Bertz CT molecular complexity index is 703. The van der Waals surface area contributed by atoms with Crippen molar-refractivity contribution >= 4 is 23.6 Å². The quantitative estimate of drug-likeness (QED) is 0.523. The zero-order chi connectivity index (χ0) is 16.7. The summed E-state index contributed by atoms with van der Waals surface area (Å²) < 4.78 is 10.00. The molecule has 5 heteroatoms. The maximum absolute atomic E-state index is 11.9. The molecule has 0 unspecified atom stereocenters. The van der Waals surface area contributed by atoms with Gasteiger partial charge in [-0.25, -0.2) is 0 Å². The number of ether oxygens (including phenoxy) is 2. The zero-order valence-electron chi connectivity index (χ0n) is 12.9. The lowest BCUT2D eigenvalue weighted by atomic mass is 10.2. The fraction of sp³-hybridized carbons (Fsp3) is 0.111. The lowest BCUT2D eigenvalue weighted by Crippen LogP contribution is -2.07. The van der Waals surface area contributed by atoms with E-state index in [-0.39, 0.29) is 11.9 Å². The zero-order valence-corrected chi connectivity index (χ0v) is 12.9. The van der Waals surface area contributed by atoms with E-state index >= 15 is 0 Å². The first-order chi connectivity index (χ1) is 11.1. The maximum Gasteiger partial charge on any atom is 0.308 e. The Labute approximate surface area is 134 Å². The van der Waals surface area contributed by atoms with Gasteiger partial charge in [0.1, 0.15) is 11.5 Å². The van der Waals surface area contributed by atoms with Crippen LogP contribution in [0.3, 0.4) is 0 Å². The molecule has 0 spiro atoms. The highest BCUT2D eigenvalue weighted by molar-refractivity contribution is 6.01. The normalized spacial score (nSPS) is 10.3. The Hall–Kier alpha value is -3.08. The van der Waals surface area contributed by atoms with E-state index in [2.05, 4.69) is 5.32 Å². The van der Waals surface area contributed by atoms with Gasteiger partial charge in [-0.15, -0.1) is 0 Å². The maximum atomic E-state index is 11.9. The van der Waals surface area contributed by atoms with Crippen LogP contribution in [-0.4, -0.2) is 19.0 Å². The number of hydrogen-bond acceptors (Lipinski definition) is 4. The van der Waals surface area contributed by atoms with Gasteiger partial charge in [0.25, 0.3) is 0 Å². The van der Waals surface area contributed by atoms with E-state index in [4.69, 9.17) is 9.47 Å². The van der Waals surface area contributed by atoms with Crippen LogP contribution < -0.4 is 14.8 Å². The fourth-order valence-electron chi connectivity index (χ4n) is 1.84. The van der Waals surface area contributed by atoms with Crippen LogP contribution in [0.2, 0.25) is 0 Å². The lowest BCUT2D eigenvalue weighted by molar-refractivity contribution is -0.131. The molecule has 0 heterocycles. The monoisotopic (exact) mass is 311 g/mol. The largest absolute Gasteiger partial charge is 0.497 e. The van der Waals surface area contributed by atoms with Crippen LogP contribution in [0, 0.1) is 0 Å². The van der Waals surface area contributed by atoms with Crippen molar-refractivity contribution in [2.75, 3.05) is 12.4 Å². The Morgan fingerprint density at radius 3 is 2.13 bits per heavy atom. The number of hydrogen-bond donors (Lipinski definition) is 1. The van der Waals surface area contributed by atoms with Gasteiger partial charge in [-0.3, -0.25) is 9.59 Å². The van der Waals surface area contributed by atoms with Crippen LogP contribution in [-0.2, 0) is 9.59 Å². The molecule has 0 saturated carbocycles. The molecule has 2 aromatic rings. The van der Waals surface area contributed by atoms with Crippen molar-refractivity contribution in [3.05, 3.63) is 60.2 Å². The smallest absolute Gasteiger partial charge is 0.308 e. The fourth-order valence-corrected chi connectivity index (χ4v) is 1.84. The number of carbonyl (C=O) groups excluding carboxylic acids is 2. The summed E-state index contributed by atoms with van der Waals surface area (Å²) in [6.45, 7) is 1.34. The number of amides is 1. The van der Waals surface area contributed by atoms with Crippen molar-refractivity contribution in [2.24, 2.45) is 0 Å². The number of esters is 1. The minimum Gasteiger partial charge on any atom is -0.497 e. The lowest BCUT2D eigenvalue weighted by Gasteiger charge is -2.04. The average molecular weight is 311 g/mol. The van der Waals surface area contributed by atoms with Crippen LogP contribution in [0.25, 0.3) is 6.08 Å². The Morgan fingerprint density at radius 1 is 0.957 bits per heavy atom. The molecule has 2 rings (SSSR count). The first-order valence-corrected chi connectivity index (χ1v) is 6.98. The van der Waals surface area contributed by atoms with Crippen molar-refractivity contribution in [2.45, 2.75) is 6.92 Å². The molecule has 0 atom stereocenters. The van der Waals surface area contributed by atoms with Gasteiger partial charge < -0.3 is 14.8 Å². The highest BCUT2D eigenvalue weighted by Crippen LogP contribution is 2.16. The van der Waals surface area contributed by atoms with Crippen LogP contribution >= 0.6 is 0 Å². The predicted molar refractivity (Wildman–Crippen MR) is 88.4 cm³/mol. The van der Waals surface area contributed by atoms with Crippen LogP contribution in [0.1, 0.15) is 12.5 Å². The molecular formula is C18H17NO4. The number of methoxy groups -OCH3 is 1. The van der Waals surface area contributed by atoms with E-state index in [0.29, 0.717) is 11.4 Å². The minimum atomic E-state index is -0.368. The first kappa shape index (κ1) is 16.3. The molecule has 0 saturated heterocycles. The van der Waals surface area contributed by atoms with Gasteiger partial charge in [0.15, 0.2) is 0 Å². The Kier molecular flexibility index (Phi) is 5.52. The van der Waals surface area contributed by atoms with Crippen molar-refractivity contribution in [1.29, 1.82) is 0 Å². The van der Waals surface area contributed by atoms with E-state index in [1.807, 2.05) is 0 Å². The van der Waals surface area contributed by atoms with Gasteiger partial charge in [-0.2, -0.15) is 0 Å². The van der Waals surface area contributed by atoms with Gasteiger partial charge in [-0.05, 0) is 48.0 Å². The molecule has 0 aliphatic heterocycles. The molecule has 0 aromatic heterocycles. The van der Waals surface area contributed by atoms with Crippen LogP contribution in [0.15, 0.2) is 54.6 Å². The number of nitrogens with one attached hydrogen (secondary N) is 1. The van der Waals surface area contributed by atoms with Crippen molar-refractivity contribution in [1.82, 2.24) is 0 Å². The summed E-state index contributed by atoms with van der Waals surface area (Å²) in [5, 5.41) is 2.75. The summed E-state index contributed by atoms with van der Waals surface area (Å²) in [5.41, 5.74) is 1.51. The molecular weight excluding hydrogens is 294 g/mol. The molecule has 0 radical (unpaired) electrons. The first-order valence-electron chi connectivity index (χ1n) is 6.98. The van der Waals surface area contributed by atoms with Gasteiger partial charge in [-0.1, -0.05) is 12.1 Å². The summed E-state index contributed by atoms with van der Waals surface area (Å²) in [6.07, 6.45) is 3.11. The highest BCUT2D eigenvalue weighted by Gasteiger charge is 2.00. The number of anilines is 1. The Balaban J connectivity index is 1.93. The second-order valence-corrected chi connectivity index (χ2v) is 4.71. The summed E-state index contributed by atoms with van der Waals surface area (Å²) in [4.78, 5) is 22.7. The molecule has 1 N–H and O–H groups in total. The van der Waals surface area contributed by atoms with E-state index in [1.54, 1.807) is 61.7 Å². The highest BCUT2D eigenvalue weighted by atomic mass is 16.5. The predicted octanol–water partition coefficient (Wildman–Crippen LogP) is 3.27. The van der Waals surface area contributed by atoms with Crippen molar-refractivity contribution < 1.29 is 19.1 Å². The third-order valence-corrected chi connectivity index (χ3v) is 2.93. The molecule has 0 fully saturated rings. The van der Waals surface area contributed by atoms with Crippen molar-refractivity contribution in [3.63, 3.8) is 0 Å². The van der Waals surface area contributed by atoms with Gasteiger partial charge in [0.05, 0.1) is 7.11 Å². The van der Waals surface area contributed by atoms with E-state index < -0.39 is 0 Å². The van der Waals surface area contributed by atoms with Crippen LogP contribution in [0.4, 0.5) is 5.69 Å². The number of rotatable bonds is 5. The molecule has 2 aromatic carbocycles. The SMILES string of the molecule is COc1ccc(NC(=O)/C=C/c2ccc(OC(C)=O)cc2)cc1. The summed E-state index contributed by atoms with van der Waals surface area (Å²) in [5.74, 6) is 0.593. The third kappa shape index (κ3) is 5.32. The molecule has 5 nitrogen and oxygen atoms in total. The molecule has 0 aliphatic rings. The number of carbonyl (C=O) groups is 2. The summed E-state index contributed by atoms with van der Waals surface area (Å²) >= 11 is 0. The molecule has 23 heavy (non-hydrogen) atoms. The molecule has 118 valence electrons.